The van der Waals surface area contributed by atoms with E-state index in [-0.39, 0.29) is 18.0 Å². The van der Waals surface area contributed by atoms with Crippen LogP contribution in [0.5, 0.6) is 5.75 Å². The summed E-state index contributed by atoms with van der Waals surface area (Å²) >= 11 is 0. The zero-order valence-electron chi connectivity index (χ0n) is 8.59. The lowest BCUT2D eigenvalue weighted by Gasteiger charge is -2.13. The third kappa shape index (κ3) is 3.65. The number of ketones is 1. The van der Waals surface area contributed by atoms with E-state index in [2.05, 4.69) is 0 Å². The Morgan fingerprint density at radius 3 is 2.73 bits per heavy atom. The Morgan fingerprint density at radius 1 is 1.47 bits per heavy atom. The van der Waals surface area contributed by atoms with Crippen LogP contribution >= 0.6 is 0 Å². The fraction of sp³-hybridized carbons (Fsp3) is 0.364. The molecular weight excluding hydrogens is 202 g/mol. The van der Waals surface area contributed by atoms with Crippen molar-refractivity contribution >= 4 is 5.78 Å². The van der Waals surface area contributed by atoms with Crippen molar-refractivity contribution in [2.24, 2.45) is 0 Å². The fourth-order valence-electron chi connectivity index (χ4n) is 1.23. The van der Waals surface area contributed by atoms with E-state index < -0.39 is 17.7 Å². The molecule has 0 radical (unpaired) electrons. The van der Waals surface area contributed by atoms with E-state index in [0.29, 0.717) is 0 Å². The van der Waals surface area contributed by atoms with Gasteiger partial charge in [-0.2, -0.15) is 0 Å². The number of carbonyl (C=O) groups is 1. The van der Waals surface area contributed by atoms with Gasteiger partial charge in [-0.15, -0.1) is 0 Å². The number of ether oxygens (including phenoxy) is 1. The van der Waals surface area contributed by atoms with E-state index in [4.69, 9.17) is 4.74 Å². The molecule has 1 rings (SSSR count). The van der Waals surface area contributed by atoms with Gasteiger partial charge in [0, 0.05) is 12.5 Å². The van der Waals surface area contributed by atoms with Crippen molar-refractivity contribution in [1.82, 2.24) is 0 Å². The SMILES string of the molecule is CC(=O)CC(C)Oc1cc(F)ccc1F. The first kappa shape index (κ1) is 11.6. The topological polar surface area (TPSA) is 26.3 Å². The highest BCUT2D eigenvalue weighted by molar-refractivity contribution is 5.75. The van der Waals surface area contributed by atoms with Crippen molar-refractivity contribution < 1.29 is 18.3 Å². The smallest absolute Gasteiger partial charge is 0.165 e. The van der Waals surface area contributed by atoms with E-state index in [1.807, 2.05) is 0 Å². The van der Waals surface area contributed by atoms with Gasteiger partial charge in [0.2, 0.25) is 0 Å². The molecule has 0 aromatic heterocycles. The van der Waals surface area contributed by atoms with Crippen LogP contribution in [0.25, 0.3) is 0 Å². The summed E-state index contributed by atoms with van der Waals surface area (Å²) in [7, 11) is 0. The van der Waals surface area contributed by atoms with Crippen LogP contribution in [0.1, 0.15) is 20.3 Å². The van der Waals surface area contributed by atoms with E-state index in [9.17, 15) is 13.6 Å². The molecule has 0 saturated carbocycles. The lowest BCUT2D eigenvalue weighted by molar-refractivity contribution is -0.118. The third-order valence-electron chi connectivity index (χ3n) is 1.80. The maximum atomic E-state index is 13.1. The zero-order chi connectivity index (χ0) is 11.4. The molecule has 0 aliphatic rings. The normalized spacial score (nSPS) is 12.3. The summed E-state index contributed by atoms with van der Waals surface area (Å²) < 4.78 is 30.9. The molecule has 1 unspecified atom stereocenters. The van der Waals surface area contributed by atoms with E-state index >= 15 is 0 Å². The first-order valence-electron chi connectivity index (χ1n) is 4.60. The van der Waals surface area contributed by atoms with Gasteiger partial charge in [0.1, 0.15) is 17.7 Å². The highest BCUT2D eigenvalue weighted by Crippen LogP contribution is 2.19. The summed E-state index contributed by atoms with van der Waals surface area (Å²) in [5.74, 6) is -1.42. The van der Waals surface area contributed by atoms with Crippen molar-refractivity contribution in [3.05, 3.63) is 29.8 Å². The quantitative estimate of drug-likeness (QED) is 0.770. The molecule has 82 valence electrons. The Labute approximate surface area is 86.9 Å². The molecule has 2 nitrogen and oxygen atoms in total. The van der Waals surface area contributed by atoms with Gasteiger partial charge >= 0.3 is 0 Å². The van der Waals surface area contributed by atoms with Gasteiger partial charge in [0.25, 0.3) is 0 Å². The number of Topliss-reactive ketones (excluding diaryl/α,β-unsaturated/α-hetero) is 1. The maximum absolute atomic E-state index is 13.1. The molecule has 0 aliphatic carbocycles. The second-order valence-electron chi connectivity index (χ2n) is 3.41. The Kier molecular flexibility index (Phi) is 3.77. The summed E-state index contributed by atoms with van der Waals surface area (Å²) in [4.78, 5) is 10.7. The van der Waals surface area contributed by atoms with E-state index in [1.165, 1.54) is 6.92 Å². The Bertz CT molecular complexity index is 364. The number of benzene rings is 1. The Hall–Kier alpha value is -1.45. The van der Waals surface area contributed by atoms with Crippen molar-refractivity contribution in [2.75, 3.05) is 0 Å². The van der Waals surface area contributed by atoms with Crippen LogP contribution in [-0.2, 0) is 4.79 Å². The lowest BCUT2D eigenvalue weighted by atomic mass is 10.2. The van der Waals surface area contributed by atoms with Crippen LogP contribution in [0.3, 0.4) is 0 Å². The predicted octanol–water partition coefficient (Wildman–Crippen LogP) is 2.71. The minimum absolute atomic E-state index is 0.0562. The zero-order valence-corrected chi connectivity index (χ0v) is 8.59. The van der Waals surface area contributed by atoms with Crippen LogP contribution in [0.15, 0.2) is 18.2 Å². The maximum Gasteiger partial charge on any atom is 0.165 e. The van der Waals surface area contributed by atoms with Gasteiger partial charge < -0.3 is 4.74 Å². The number of rotatable bonds is 4. The molecule has 0 bridgehead atoms. The van der Waals surface area contributed by atoms with Crippen molar-refractivity contribution in [3.8, 4) is 5.75 Å². The monoisotopic (exact) mass is 214 g/mol. The molecule has 1 aromatic carbocycles. The molecule has 1 aromatic rings. The minimum Gasteiger partial charge on any atom is -0.487 e. The second kappa shape index (κ2) is 4.87. The fourth-order valence-corrected chi connectivity index (χ4v) is 1.23. The molecule has 0 N–H and O–H groups in total. The molecular formula is C11H12F2O2. The van der Waals surface area contributed by atoms with Gasteiger partial charge in [-0.3, -0.25) is 4.79 Å². The van der Waals surface area contributed by atoms with Gasteiger partial charge in [-0.25, -0.2) is 8.78 Å². The van der Waals surface area contributed by atoms with E-state index in [0.717, 1.165) is 18.2 Å². The molecule has 0 saturated heterocycles. The van der Waals surface area contributed by atoms with Crippen molar-refractivity contribution in [2.45, 2.75) is 26.4 Å². The van der Waals surface area contributed by atoms with Gasteiger partial charge in [-0.05, 0) is 26.0 Å². The number of hydrogen-bond acceptors (Lipinski definition) is 2. The van der Waals surface area contributed by atoms with Crippen LogP contribution in [-0.4, -0.2) is 11.9 Å². The Morgan fingerprint density at radius 2 is 2.13 bits per heavy atom. The number of hydrogen-bond donors (Lipinski definition) is 0. The number of carbonyl (C=O) groups excluding carboxylic acids is 1. The molecule has 15 heavy (non-hydrogen) atoms. The third-order valence-corrected chi connectivity index (χ3v) is 1.80. The molecule has 0 fully saturated rings. The summed E-state index contributed by atoms with van der Waals surface area (Å²) in [6, 6.07) is 2.97. The number of halogens is 2. The summed E-state index contributed by atoms with van der Waals surface area (Å²) in [6.45, 7) is 3.05. The van der Waals surface area contributed by atoms with Crippen LogP contribution < -0.4 is 4.74 Å². The molecule has 0 amide bonds. The molecule has 1 atom stereocenters. The molecule has 0 spiro atoms. The molecule has 0 heterocycles. The first-order valence-corrected chi connectivity index (χ1v) is 4.60. The second-order valence-corrected chi connectivity index (χ2v) is 3.41. The summed E-state index contributed by atoms with van der Waals surface area (Å²) in [5, 5.41) is 0. The van der Waals surface area contributed by atoms with Gasteiger partial charge in [0.15, 0.2) is 11.6 Å². The van der Waals surface area contributed by atoms with Crippen LogP contribution in [0.2, 0.25) is 0 Å². The van der Waals surface area contributed by atoms with Crippen LogP contribution in [0.4, 0.5) is 8.78 Å². The van der Waals surface area contributed by atoms with Gasteiger partial charge in [-0.1, -0.05) is 0 Å². The van der Waals surface area contributed by atoms with Crippen LogP contribution in [0, 0.1) is 11.6 Å². The lowest BCUT2D eigenvalue weighted by Crippen LogP contribution is -2.16. The van der Waals surface area contributed by atoms with Crippen molar-refractivity contribution in [3.63, 3.8) is 0 Å². The average molecular weight is 214 g/mol. The largest absolute Gasteiger partial charge is 0.487 e. The molecule has 4 heteroatoms. The minimum atomic E-state index is -0.633. The van der Waals surface area contributed by atoms with Gasteiger partial charge in [0.05, 0.1) is 0 Å². The first-order chi connectivity index (χ1) is 6.99. The average Bonchev–Trinajstić information content (AvgIpc) is 2.10. The molecule has 0 aliphatic heterocycles. The summed E-state index contributed by atoms with van der Waals surface area (Å²) in [6.07, 6.45) is -0.283. The highest BCUT2D eigenvalue weighted by atomic mass is 19.1. The van der Waals surface area contributed by atoms with Crippen molar-refractivity contribution in [1.29, 1.82) is 0 Å². The predicted molar refractivity (Wildman–Crippen MR) is 51.7 cm³/mol. The highest BCUT2D eigenvalue weighted by Gasteiger charge is 2.11. The standard InChI is InChI=1S/C11H12F2O2/c1-7(14)5-8(2)15-11-6-9(12)3-4-10(11)13/h3-4,6,8H,5H2,1-2H3. The summed E-state index contributed by atoms with van der Waals surface area (Å²) in [5.41, 5.74) is 0. The Balaban J connectivity index is 2.71. The van der Waals surface area contributed by atoms with E-state index in [1.54, 1.807) is 6.92 Å².